The average molecular weight is 509 g/mol. The fraction of sp³-hybridized carbons (Fsp3) is 0.433. The van der Waals surface area contributed by atoms with E-state index in [1.807, 2.05) is 12.4 Å². The Labute approximate surface area is 223 Å². The van der Waals surface area contributed by atoms with Crippen molar-refractivity contribution in [1.29, 1.82) is 0 Å². The summed E-state index contributed by atoms with van der Waals surface area (Å²) >= 11 is 0. The molecule has 8 nitrogen and oxygen atoms in total. The Bertz CT molecular complexity index is 1490. The van der Waals surface area contributed by atoms with E-state index in [2.05, 4.69) is 95.5 Å². The maximum Gasteiger partial charge on any atom is 0.142 e. The lowest BCUT2D eigenvalue weighted by atomic mass is 10.0. The summed E-state index contributed by atoms with van der Waals surface area (Å²) in [6.45, 7) is 9.19. The summed E-state index contributed by atoms with van der Waals surface area (Å²) in [5, 5.41) is 1.22. The molecule has 0 radical (unpaired) electrons. The van der Waals surface area contributed by atoms with E-state index in [4.69, 9.17) is 4.98 Å². The lowest BCUT2D eigenvalue weighted by molar-refractivity contribution is 0.274. The molecule has 0 amide bonds. The van der Waals surface area contributed by atoms with Gasteiger partial charge < -0.3 is 14.4 Å². The minimum Gasteiger partial charge on any atom is -0.354 e. The summed E-state index contributed by atoms with van der Waals surface area (Å²) in [4.78, 5) is 21.8. The van der Waals surface area contributed by atoms with Crippen LogP contribution in [0.4, 0.5) is 11.6 Å². The SMILES string of the molecule is CC1CC=C(C2CCCN2CCn2ccc3ccc(N4CCN(c5cccc6nccn56)CC4)nc32)C=N1. The van der Waals surface area contributed by atoms with Crippen LogP contribution in [0.1, 0.15) is 26.2 Å². The number of likely N-dealkylation sites (tertiary alicyclic amines) is 1. The van der Waals surface area contributed by atoms with Gasteiger partial charge in [-0.2, -0.15) is 0 Å². The zero-order valence-corrected chi connectivity index (χ0v) is 22.2. The van der Waals surface area contributed by atoms with Crippen LogP contribution in [-0.2, 0) is 6.54 Å². The summed E-state index contributed by atoms with van der Waals surface area (Å²) < 4.78 is 4.52. The molecule has 0 saturated carbocycles. The number of anilines is 2. The van der Waals surface area contributed by atoms with Crippen molar-refractivity contribution in [3.05, 3.63) is 66.6 Å². The molecule has 4 aromatic heterocycles. The number of piperazine rings is 1. The van der Waals surface area contributed by atoms with Gasteiger partial charge >= 0.3 is 0 Å². The van der Waals surface area contributed by atoms with Crippen LogP contribution in [0, 0.1) is 0 Å². The van der Waals surface area contributed by atoms with Gasteiger partial charge in [0.15, 0.2) is 0 Å². The molecule has 3 aliphatic rings. The first-order valence-corrected chi connectivity index (χ1v) is 14.1. The second-order valence-corrected chi connectivity index (χ2v) is 10.9. The molecular weight excluding hydrogens is 472 g/mol. The number of imidazole rings is 1. The minimum atomic E-state index is 0.425. The maximum atomic E-state index is 5.16. The molecule has 38 heavy (non-hydrogen) atoms. The second kappa shape index (κ2) is 9.91. The first kappa shape index (κ1) is 23.5. The van der Waals surface area contributed by atoms with Gasteiger partial charge in [0, 0.05) is 75.5 Å². The molecule has 3 aliphatic heterocycles. The number of dihydropyridines is 1. The van der Waals surface area contributed by atoms with Crippen molar-refractivity contribution >= 4 is 34.5 Å². The Kier molecular flexibility index (Phi) is 6.12. The fourth-order valence-electron chi connectivity index (χ4n) is 6.32. The highest BCUT2D eigenvalue weighted by Gasteiger charge is 2.28. The second-order valence-electron chi connectivity index (χ2n) is 10.9. The maximum absolute atomic E-state index is 5.16. The van der Waals surface area contributed by atoms with Gasteiger partial charge in [-0.15, -0.1) is 0 Å². The number of aliphatic imine (C=N–C) groups is 1. The first-order chi connectivity index (χ1) is 18.7. The van der Waals surface area contributed by atoms with Crippen LogP contribution in [-0.4, -0.2) is 81.4 Å². The molecule has 0 spiro atoms. The number of fused-ring (bicyclic) bond motifs is 2. The molecule has 196 valence electrons. The van der Waals surface area contributed by atoms with Crippen LogP contribution in [0.3, 0.4) is 0 Å². The van der Waals surface area contributed by atoms with E-state index >= 15 is 0 Å². The van der Waals surface area contributed by atoms with E-state index in [1.165, 1.54) is 36.2 Å². The third kappa shape index (κ3) is 4.36. The average Bonchev–Trinajstić information content (AvgIpc) is 3.72. The minimum absolute atomic E-state index is 0.425. The van der Waals surface area contributed by atoms with Gasteiger partial charge in [0.05, 0.1) is 6.04 Å². The smallest absolute Gasteiger partial charge is 0.142 e. The number of hydrogen-bond acceptors (Lipinski definition) is 6. The van der Waals surface area contributed by atoms with Crippen molar-refractivity contribution in [2.45, 2.75) is 44.8 Å². The standard InChI is InChI=1S/C30H36N8/c1-23-7-8-25(22-32-23)26-4-3-13-34(26)16-21-37-14-11-24-9-10-28(33-30(24)37)35-17-19-36(20-18-35)29-6-2-5-27-31-12-15-38(27)29/h2,5-6,8-12,14-15,22-23,26H,3-4,7,13,16-21H2,1H3. The van der Waals surface area contributed by atoms with Crippen molar-refractivity contribution < 1.29 is 0 Å². The Balaban J connectivity index is 1.03. The van der Waals surface area contributed by atoms with Crippen molar-refractivity contribution in [3.63, 3.8) is 0 Å². The zero-order chi connectivity index (χ0) is 25.5. The molecule has 0 aromatic carbocycles. The molecule has 2 unspecified atom stereocenters. The lowest BCUT2D eigenvalue weighted by Crippen LogP contribution is -2.47. The van der Waals surface area contributed by atoms with Gasteiger partial charge in [0.2, 0.25) is 0 Å². The molecule has 0 aliphatic carbocycles. The summed E-state index contributed by atoms with van der Waals surface area (Å²) in [5.74, 6) is 2.29. The van der Waals surface area contributed by atoms with Gasteiger partial charge in [0.1, 0.15) is 22.9 Å². The largest absolute Gasteiger partial charge is 0.354 e. The first-order valence-electron chi connectivity index (χ1n) is 14.1. The number of hydrogen-bond donors (Lipinski definition) is 0. The van der Waals surface area contributed by atoms with Gasteiger partial charge in [0.25, 0.3) is 0 Å². The third-order valence-corrected chi connectivity index (χ3v) is 8.48. The molecule has 2 saturated heterocycles. The van der Waals surface area contributed by atoms with Crippen molar-refractivity contribution in [1.82, 2.24) is 23.8 Å². The monoisotopic (exact) mass is 508 g/mol. The Morgan fingerprint density at radius 2 is 1.82 bits per heavy atom. The summed E-state index contributed by atoms with van der Waals surface area (Å²) in [6, 6.07) is 13.9. The molecule has 0 N–H and O–H groups in total. The normalized spacial score (nSPS) is 22.6. The van der Waals surface area contributed by atoms with Gasteiger partial charge in [-0.3, -0.25) is 14.3 Å². The van der Waals surface area contributed by atoms with Crippen LogP contribution in [0.25, 0.3) is 16.7 Å². The van der Waals surface area contributed by atoms with Gasteiger partial charge in [-0.1, -0.05) is 12.1 Å². The summed E-state index contributed by atoms with van der Waals surface area (Å²) in [6.07, 6.45) is 14.2. The molecule has 2 fully saturated rings. The van der Waals surface area contributed by atoms with Crippen LogP contribution in [0.2, 0.25) is 0 Å². The quantitative estimate of drug-likeness (QED) is 0.390. The summed E-state index contributed by atoms with van der Waals surface area (Å²) in [5.41, 5.74) is 3.51. The molecule has 4 aromatic rings. The van der Waals surface area contributed by atoms with Crippen molar-refractivity contribution in [3.8, 4) is 0 Å². The van der Waals surface area contributed by atoms with Crippen LogP contribution >= 0.6 is 0 Å². The lowest BCUT2D eigenvalue weighted by Gasteiger charge is -2.36. The molecule has 8 heteroatoms. The Morgan fingerprint density at radius 3 is 2.68 bits per heavy atom. The van der Waals surface area contributed by atoms with E-state index in [-0.39, 0.29) is 0 Å². The number of pyridine rings is 2. The van der Waals surface area contributed by atoms with Crippen LogP contribution in [0.5, 0.6) is 0 Å². The van der Waals surface area contributed by atoms with E-state index in [9.17, 15) is 0 Å². The molecule has 0 bridgehead atoms. The van der Waals surface area contributed by atoms with Gasteiger partial charge in [-0.25, -0.2) is 9.97 Å². The van der Waals surface area contributed by atoms with E-state index in [0.717, 1.165) is 62.8 Å². The molecule has 2 atom stereocenters. The zero-order valence-electron chi connectivity index (χ0n) is 22.2. The van der Waals surface area contributed by atoms with Crippen LogP contribution in [0.15, 0.2) is 71.6 Å². The Morgan fingerprint density at radius 1 is 0.921 bits per heavy atom. The number of aromatic nitrogens is 4. The van der Waals surface area contributed by atoms with Crippen LogP contribution < -0.4 is 9.80 Å². The highest BCUT2D eigenvalue weighted by atomic mass is 15.3. The highest BCUT2D eigenvalue weighted by molar-refractivity contribution is 5.81. The van der Waals surface area contributed by atoms with E-state index < -0.39 is 0 Å². The predicted molar refractivity (Wildman–Crippen MR) is 155 cm³/mol. The van der Waals surface area contributed by atoms with Crippen molar-refractivity contribution in [2.75, 3.05) is 49.1 Å². The Hall–Kier alpha value is -3.65. The van der Waals surface area contributed by atoms with Gasteiger partial charge in [-0.05, 0) is 68.6 Å². The highest BCUT2D eigenvalue weighted by Crippen LogP contribution is 2.27. The topological polar surface area (TPSA) is 57.2 Å². The predicted octanol–water partition coefficient (Wildman–Crippen LogP) is 4.26. The van der Waals surface area contributed by atoms with E-state index in [1.54, 1.807) is 0 Å². The van der Waals surface area contributed by atoms with E-state index in [0.29, 0.717) is 12.1 Å². The third-order valence-electron chi connectivity index (χ3n) is 8.48. The fourth-order valence-corrected chi connectivity index (χ4v) is 6.32. The van der Waals surface area contributed by atoms with Crippen molar-refractivity contribution in [2.24, 2.45) is 4.99 Å². The number of nitrogens with zero attached hydrogens (tertiary/aromatic N) is 8. The molecule has 7 rings (SSSR count). The molecular formula is C30H36N8. The number of rotatable bonds is 6. The summed E-state index contributed by atoms with van der Waals surface area (Å²) in [7, 11) is 0. The molecule has 7 heterocycles.